The van der Waals surface area contributed by atoms with Crippen LogP contribution in [0, 0.1) is 12.8 Å². The minimum absolute atomic E-state index is 0.368. The number of nitrogens with one attached hydrogen (secondary N) is 1. The standard InChI is InChI=1S/C14H20ClNO/c1-10-8-12(15)5-6-13(10)14(16-2)11-4-3-7-17-9-11/h5-6,8,11,14,16H,3-4,7,9H2,1-2H3. The van der Waals surface area contributed by atoms with Gasteiger partial charge in [-0.05, 0) is 50.1 Å². The molecule has 0 saturated carbocycles. The van der Waals surface area contributed by atoms with Gasteiger partial charge in [-0.2, -0.15) is 0 Å². The SMILES string of the molecule is CNC(c1ccc(Cl)cc1C)C1CCCOC1. The van der Waals surface area contributed by atoms with Crippen molar-refractivity contribution in [1.82, 2.24) is 5.32 Å². The summed E-state index contributed by atoms with van der Waals surface area (Å²) in [7, 11) is 2.02. The fourth-order valence-corrected chi connectivity index (χ4v) is 2.89. The van der Waals surface area contributed by atoms with E-state index in [4.69, 9.17) is 16.3 Å². The van der Waals surface area contributed by atoms with E-state index in [1.54, 1.807) is 0 Å². The molecule has 2 nitrogen and oxygen atoms in total. The molecule has 1 saturated heterocycles. The molecule has 0 aromatic heterocycles. The molecule has 2 atom stereocenters. The first-order valence-corrected chi connectivity index (χ1v) is 6.61. The van der Waals surface area contributed by atoms with Crippen LogP contribution >= 0.6 is 11.6 Å². The minimum Gasteiger partial charge on any atom is -0.381 e. The highest BCUT2D eigenvalue weighted by molar-refractivity contribution is 6.30. The summed E-state index contributed by atoms with van der Waals surface area (Å²) < 4.78 is 5.58. The molecular weight excluding hydrogens is 234 g/mol. The van der Waals surface area contributed by atoms with Crippen molar-refractivity contribution in [2.45, 2.75) is 25.8 Å². The lowest BCUT2D eigenvalue weighted by Gasteiger charge is -2.31. The molecule has 1 fully saturated rings. The summed E-state index contributed by atoms with van der Waals surface area (Å²) in [6, 6.07) is 6.50. The van der Waals surface area contributed by atoms with Gasteiger partial charge in [0.05, 0.1) is 6.61 Å². The highest BCUT2D eigenvalue weighted by Gasteiger charge is 2.25. The van der Waals surface area contributed by atoms with Gasteiger partial charge in [0.15, 0.2) is 0 Å². The number of aryl methyl sites for hydroxylation is 1. The van der Waals surface area contributed by atoms with E-state index in [9.17, 15) is 0 Å². The molecule has 0 amide bonds. The van der Waals surface area contributed by atoms with Crippen molar-refractivity contribution < 1.29 is 4.74 Å². The second-order valence-corrected chi connectivity index (χ2v) is 5.18. The van der Waals surface area contributed by atoms with Crippen LogP contribution in [0.25, 0.3) is 0 Å². The van der Waals surface area contributed by atoms with E-state index in [0.717, 1.165) is 24.7 Å². The first-order chi connectivity index (χ1) is 8.22. The third kappa shape index (κ3) is 3.01. The van der Waals surface area contributed by atoms with Crippen LogP contribution in [0.2, 0.25) is 5.02 Å². The van der Waals surface area contributed by atoms with E-state index >= 15 is 0 Å². The molecular formula is C14H20ClNO. The Balaban J connectivity index is 2.21. The molecule has 1 aliphatic rings. The van der Waals surface area contributed by atoms with E-state index < -0.39 is 0 Å². The second-order valence-electron chi connectivity index (χ2n) is 4.74. The van der Waals surface area contributed by atoms with E-state index in [1.807, 2.05) is 19.2 Å². The lowest BCUT2D eigenvalue weighted by Crippen LogP contribution is -2.31. The zero-order valence-corrected chi connectivity index (χ0v) is 11.3. The Bertz CT molecular complexity index is 374. The number of ether oxygens (including phenoxy) is 1. The molecule has 0 aliphatic carbocycles. The van der Waals surface area contributed by atoms with Gasteiger partial charge in [-0.3, -0.25) is 0 Å². The summed E-state index contributed by atoms with van der Waals surface area (Å²) in [6.07, 6.45) is 2.39. The van der Waals surface area contributed by atoms with Crippen LogP contribution in [-0.4, -0.2) is 20.3 Å². The summed E-state index contributed by atoms with van der Waals surface area (Å²) in [6.45, 7) is 3.88. The summed E-state index contributed by atoms with van der Waals surface area (Å²) in [5.41, 5.74) is 2.59. The lowest BCUT2D eigenvalue weighted by molar-refractivity contribution is 0.0401. The molecule has 0 radical (unpaired) electrons. The highest BCUT2D eigenvalue weighted by Crippen LogP contribution is 2.31. The van der Waals surface area contributed by atoms with Gasteiger partial charge in [-0.25, -0.2) is 0 Å². The van der Waals surface area contributed by atoms with Crippen molar-refractivity contribution in [3.05, 3.63) is 34.3 Å². The van der Waals surface area contributed by atoms with E-state index in [-0.39, 0.29) is 0 Å². The predicted molar refractivity (Wildman–Crippen MR) is 71.5 cm³/mol. The average Bonchev–Trinajstić information content (AvgIpc) is 2.34. The molecule has 1 N–H and O–H groups in total. The van der Waals surface area contributed by atoms with Crippen molar-refractivity contribution in [3.8, 4) is 0 Å². The van der Waals surface area contributed by atoms with Crippen LogP contribution in [0.3, 0.4) is 0 Å². The molecule has 2 unspecified atom stereocenters. The van der Waals surface area contributed by atoms with Gasteiger partial charge in [0, 0.05) is 23.6 Å². The van der Waals surface area contributed by atoms with Crippen LogP contribution in [0.5, 0.6) is 0 Å². The topological polar surface area (TPSA) is 21.3 Å². The maximum atomic E-state index is 6.01. The molecule has 17 heavy (non-hydrogen) atoms. The van der Waals surface area contributed by atoms with Gasteiger partial charge in [-0.1, -0.05) is 17.7 Å². The third-order valence-corrected chi connectivity index (χ3v) is 3.78. The van der Waals surface area contributed by atoms with Crippen molar-refractivity contribution in [2.24, 2.45) is 5.92 Å². The molecule has 0 bridgehead atoms. The molecule has 2 rings (SSSR count). The molecule has 94 valence electrons. The number of benzene rings is 1. The van der Waals surface area contributed by atoms with Gasteiger partial charge in [0.1, 0.15) is 0 Å². The Hall–Kier alpha value is -0.570. The first kappa shape index (κ1) is 12.9. The van der Waals surface area contributed by atoms with Gasteiger partial charge < -0.3 is 10.1 Å². The van der Waals surface area contributed by atoms with Crippen LogP contribution in [0.4, 0.5) is 0 Å². The summed E-state index contributed by atoms with van der Waals surface area (Å²) >= 11 is 6.01. The Morgan fingerprint density at radius 2 is 2.29 bits per heavy atom. The monoisotopic (exact) mass is 253 g/mol. The van der Waals surface area contributed by atoms with E-state index in [1.165, 1.54) is 17.5 Å². The molecule has 3 heteroatoms. The van der Waals surface area contributed by atoms with Gasteiger partial charge >= 0.3 is 0 Å². The van der Waals surface area contributed by atoms with E-state index in [0.29, 0.717) is 12.0 Å². The summed E-state index contributed by atoms with van der Waals surface area (Å²) in [4.78, 5) is 0. The van der Waals surface area contributed by atoms with Crippen molar-refractivity contribution in [2.75, 3.05) is 20.3 Å². The van der Waals surface area contributed by atoms with Crippen LogP contribution < -0.4 is 5.32 Å². The zero-order valence-electron chi connectivity index (χ0n) is 10.5. The fourth-order valence-electron chi connectivity index (χ4n) is 2.66. The Labute approximate surface area is 108 Å². The van der Waals surface area contributed by atoms with Gasteiger partial charge in [-0.15, -0.1) is 0 Å². The average molecular weight is 254 g/mol. The van der Waals surface area contributed by atoms with Crippen LogP contribution in [0.15, 0.2) is 18.2 Å². The second kappa shape index (κ2) is 5.85. The quantitative estimate of drug-likeness (QED) is 0.892. The maximum absolute atomic E-state index is 6.01. The smallest absolute Gasteiger partial charge is 0.0512 e. The Morgan fingerprint density at radius 1 is 1.47 bits per heavy atom. The minimum atomic E-state index is 0.368. The maximum Gasteiger partial charge on any atom is 0.0512 e. The Morgan fingerprint density at radius 3 is 2.88 bits per heavy atom. The predicted octanol–water partition coefficient (Wildman–Crippen LogP) is 3.34. The largest absolute Gasteiger partial charge is 0.381 e. The Kier molecular flexibility index (Phi) is 4.43. The van der Waals surface area contributed by atoms with Crippen LogP contribution in [0.1, 0.15) is 30.0 Å². The number of hydrogen-bond donors (Lipinski definition) is 1. The van der Waals surface area contributed by atoms with Crippen LogP contribution in [-0.2, 0) is 4.74 Å². The molecule has 1 aromatic rings. The zero-order chi connectivity index (χ0) is 12.3. The number of halogens is 1. The first-order valence-electron chi connectivity index (χ1n) is 6.23. The molecule has 1 aliphatic heterocycles. The number of hydrogen-bond acceptors (Lipinski definition) is 2. The van der Waals surface area contributed by atoms with E-state index in [2.05, 4.69) is 18.3 Å². The highest BCUT2D eigenvalue weighted by atomic mass is 35.5. The lowest BCUT2D eigenvalue weighted by atomic mass is 9.87. The molecule has 1 heterocycles. The van der Waals surface area contributed by atoms with Gasteiger partial charge in [0.2, 0.25) is 0 Å². The van der Waals surface area contributed by atoms with Gasteiger partial charge in [0.25, 0.3) is 0 Å². The summed E-state index contributed by atoms with van der Waals surface area (Å²) in [5, 5.41) is 4.23. The van der Waals surface area contributed by atoms with Crippen molar-refractivity contribution in [3.63, 3.8) is 0 Å². The molecule has 0 spiro atoms. The van der Waals surface area contributed by atoms with Crippen molar-refractivity contribution in [1.29, 1.82) is 0 Å². The number of rotatable bonds is 3. The summed E-state index contributed by atoms with van der Waals surface area (Å²) in [5.74, 6) is 0.564. The fraction of sp³-hybridized carbons (Fsp3) is 0.571. The third-order valence-electron chi connectivity index (χ3n) is 3.54. The molecule has 1 aromatic carbocycles. The normalized spacial score (nSPS) is 22.4. The van der Waals surface area contributed by atoms with Crippen molar-refractivity contribution >= 4 is 11.6 Å².